The molecule has 0 fully saturated rings. The third-order valence-electron chi connectivity index (χ3n) is 4.33. The lowest BCUT2D eigenvalue weighted by Crippen LogP contribution is -1.90. The molecule has 132 valence electrons. The van der Waals surface area contributed by atoms with E-state index in [0.29, 0.717) is 28.5 Å². The van der Waals surface area contributed by atoms with Crippen LogP contribution in [0.1, 0.15) is 5.56 Å². The molecule has 4 rings (SSSR count). The highest BCUT2D eigenvalue weighted by Crippen LogP contribution is 2.34. The normalized spacial score (nSPS) is 11.1. The predicted octanol–water partition coefficient (Wildman–Crippen LogP) is 4.08. The molecule has 0 aliphatic carbocycles. The van der Waals surface area contributed by atoms with Crippen molar-refractivity contribution in [2.24, 2.45) is 0 Å². The van der Waals surface area contributed by atoms with Gasteiger partial charge in [-0.2, -0.15) is 15.4 Å². The number of nitrogens with zero attached hydrogens (tertiary/aromatic N) is 2. The predicted molar refractivity (Wildman–Crippen MR) is 96.9 cm³/mol. The van der Waals surface area contributed by atoms with Crippen molar-refractivity contribution in [2.45, 2.75) is 6.92 Å². The van der Waals surface area contributed by atoms with Gasteiger partial charge in [0.25, 0.3) is 0 Å². The Morgan fingerprint density at radius 2 is 1.58 bits per heavy atom. The van der Waals surface area contributed by atoms with E-state index >= 15 is 0 Å². The minimum atomic E-state index is -0.235. The van der Waals surface area contributed by atoms with Crippen molar-refractivity contribution >= 4 is 10.9 Å². The second-order valence-electron chi connectivity index (χ2n) is 5.99. The summed E-state index contributed by atoms with van der Waals surface area (Å²) in [5, 5.41) is 12.0. The van der Waals surface area contributed by atoms with Crippen LogP contribution in [0, 0.1) is 12.7 Å². The number of benzene rings is 2. The zero-order valence-corrected chi connectivity index (χ0v) is 14.6. The van der Waals surface area contributed by atoms with Crippen molar-refractivity contribution in [2.75, 3.05) is 14.2 Å². The van der Waals surface area contributed by atoms with Gasteiger partial charge < -0.3 is 14.5 Å². The number of aromatic amines is 2. The zero-order chi connectivity index (χ0) is 18.3. The van der Waals surface area contributed by atoms with Gasteiger partial charge in [-0.3, -0.25) is 0 Å². The Labute approximate surface area is 149 Å². The molecular formula is C19H17FN4O2. The van der Waals surface area contributed by atoms with E-state index in [4.69, 9.17) is 9.47 Å². The van der Waals surface area contributed by atoms with Crippen LogP contribution in [0.3, 0.4) is 0 Å². The molecule has 2 heterocycles. The van der Waals surface area contributed by atoms with Gasteiger partial charge in [-0.05, 0) is 42.8 Å². The molecule has 2 aromatic carbocycles. The fourth-order valence-corrected chi connectivity index (χ4v) is 2.95. The van der Waals surface area contributed by atoms with Gasteiger partial charge in [-0.25, -0.2) is 4.39 Å². The summed E-state index contributed by atoms with van der Waals surface area (Å²) in [4.78, 5) is 3.28. The fraction of sp³-hybridized carbons (Fsp3) is 0.158. The Morgan fingerprint density at radius 1 is 0.885 bits per heavy atom. The van der Waals surface area contributed by atoms with Gasteiger partial charge in [0.15, 0.2) is 0 Å². The van der Waals surface area contributed by atoms with Crippen molar-refractivity contribution in [1.82, 2.24) is 20.4 Å². The molecule has 0 saturated carbocycles. The van der Waals surface area contributed by atoms with E-state index in [0.717, 1.165) is 22.2 Å². The summed E-state index contributed by atoms with van der Waals surface area (Å²) in [5.41, 5.74) is 4.25. The number of hydrogen-bond donors (Lipinski definition) is 2. The molecule has 6 nitrogen and oxygen atoms in total. The third kappa shape index (κ3) is 2.67. The van der Waals surface area contributed by atoms with E-state index in [1.165, 1.54) is 6.07 Å². The Balaban J connectivity index is 1.85. The van der Waals surface area contributed by atoms with E-state index in [2.05, 4.69) is 20.4 Å². The summed E-state index contributed by atoms with van der Waals surface area (Å²) in [6.45, 7) is 1.74. The third-order valence-corrected chi connectivity index (χ3v) is 4.33. The van der Waals surface area contributed by atoms with Crippen LogP contribution in [0.2, 0.25) is 0 Å². The number of aryl methyl sites for hydroxylation is 1. The highest BCUT2D eigenvalue weighted by Gasteiger charge is 2.17. The number of rotatable bonds is 4. The fourth-order valence-electron chi connectivity index (χ4n) is 2.95. The average molecular weight is 352 g/mol. The number of fused-ring (bicyclic) bond motifs is 1. The summed E-state index contributed by atoms with van der Waals surface area (Å²) < 4.78 is 24.5. The molecular weight excluding hydrogens is 335 g/mol. The monoisotopic (exact) mass is 352 g/mol. The number of hydrogen-bond acceptors (Lipinski definition) is 4. The van der Waals surface area contributed by atoms with Crippen LogP contribution < -0.4 is 9.47 Å². The highest BCUT2D eigenvalue weighted by molar-refractivity contribution is 5.88. The highest BCUT2D eigenvalue weighted by atomic mass is 19.1. The minimum absolute atomic E-state index is 0.235. The van der Waals surface area contributed by atoms with Crippen molar-refractivity contribution in [3.63, 3.8) is 0 Å². The smallest absolute Gasteiger partial charge is 0.137 e. The van der Waals surface area contributed by atoms with E-state index < -0.39 is 0 Å². The van der Waals surface area contributed by atoms with Gasteiger partial charge in [0, 0.05) is 22.5 Å². The molecule has 7 heteroatoms. The molecule has 0 atom stereocenters. The summed E-state index contributed by atoms with van der Waals surface area (Å²) in [6.07, 6.45) is 0. The first-order chi connectivity index (χ1) is 12.6. The first kappa shape index (κ1) is 16.1. The van der Waals surface area contributed by atoms with Gasteiger partial charge in [-0.1, -0.05) is 0 Å². The lowest BCUT2D eigenvalue weighted by molar-refractivity contribution is 0.394. The molecule has 0 radical (unpaired) electrons. The van der Waals surface area contributed by atoms with Crippen LogP contribution in [0.4, 0.5) is 4.39 Å². The topological polar surface area (TPSA) is 75.8 Å². The molecule has 0 unspecified atom stereocenters. The first-order valence-electron chi connectivity index (χ1n) is 8.02. The number of nitrogens with one attached hydrogen (secondary N) is 2. The maximum Gasteiger partial charge on any atom is 0.137 e. The Hall–Kier alpha value is -3.35. The van der Waals surface area contributed by atoms with Crippen LogP contribution in [-0.4, -0.2) is 34.6 Å². The largest absolute Gasteiger partial charge is 0.497 e. The second kappa shape index (κ2) is 6.18. The maximum atomic E-state index is 13.8. The Bertz CT molecular complexity index is 1040. The van der Waals surface area contributed by atoms with Crippen molar-refractivity contribution in [3.05, 3.63) is 47.8 Å². The lowest BCUT2D eigenvalue weighted by atomic mass is 10.1. The van der Waals surface area contributed by atoms with Crippen molar-refractivity contribution in [1.29, 1.82) is 0 Å². The summed E-state index contributed by atoms with van der Waals surface area (Å²) >= 11 is 0. The Kier molecular flexibility index (Phi) is 3.84. The molecule has 0 saturated heterocycles. The number of methoxy groups -OCH3 is 2. The van der Waals surface area contributed by atoms with E-state index in [1.54, 1.807) is 33.3 Å². The summed E-state index contributed by atoms with van der Waals surface area (Å²) in [5.74, 6) is 1.08. The van der Waals surface area contributed by atoms with Crippen LogP contribution in [0.5, 0.6) is 11.5 Å². The lowest BCUT2D eigenvalue weighted by Gasteiger charge is -2.07. The number of ether oxygens (including phenoxy) is 2. The molecule has 0 aliphatic heterocycles. The second-order valence-corrected chi connectivity index (χ2v) is 5.99. The number of halogens is 1. The molecule has 0 aliphatic rings. The summed E-state index contributed by atoms with van der Waals surface area (Å²) in [7, 11) is 3.19. The average Bonchev–Trinajstić information content (AvgIpc) is 3.28. The molecule has 0 bridgehead atoms. The van der Waals surface area contributed by atoms with E-state index in [-0.39, 0.29) is 5.82 Å². The van der Waals surface area contributed by atoms with E-state index in [9.17, 15) is 4.39 Å². The van der Waals surface area contributed by atoms with Crippen molar-refractivity contribution in [3.8, 4) is 34.1 Å². The number of aromatic nitrogens is 4. The molecule has 4 aromatic rings. The molecule has 26 heavy (non-hydrogen) atoms. The standard InChI is InChI=1S/C19H17FN4O2/c1-10-4-16-11(7-15(10)20)8-17(21-16)19-18(22-24-23-19)12-5-13(25-2)9-14(6-12)26-3/h4-9,21H,1-3H3,(H,22,23,24). The SMILES string of the molecule is COc1cc(OC)cc(-c2n[nH]nc2-c2cc3cc(F)c(C)cc3[nH]2)c1. The zero-order valence-electron chi connectivity index (χ0n) is 14.6. The van der Waals surface area contributed by atoms with Gasteiger partial charge in [-0.15, -0.1) is 0 Å². The molecule has 2 aromatic heterocycles. The van der Waals surface area contributed by atoms with Gasteiger partial charge in [0.1, 0.15) is 28.7 Å². The van der Waals surface area contributed by atoms with Crippen LogP contribution in [-0.2, 0) is 0 Å². The summed E-state index contributed by atoms with van der Waals surface area (Å²) in [6, 6.07) is 10.7. The Morgan fingerprint density at radius 3 is 2.27 bits per heavy atom. The van der Waals surface area contributed by atoms with Gasteiger partial charge in [0.2, 0.25) is 0 Å². The molecule has 0 amide bonds. The number of H-pyrrole nitrogens is 2. The first-order valence-corrected chi connectivity index (χ1v) is 8.02. The van der Waals surface area contributed by atoms with Gasteiger partial charge in [0.05, 0.1) is 19.9 Å². The minimum Gasteiger partial charge on any atom is -0.497 e. The van der Waals surface area contributed by atoms with Gasteiger partial charge >= 0.3 is 0 Å². The van der Waals surface area contributed by atoms with Crippen LogP contribution >= 0.6 is 0 Å². The van der Waals surface area contributed by atoms with Crippen LogP contribution in [0.25, 0.3) is 33.5 Å². The van der Waals surface area contributed by atoms with Crippen molar-refractivity contribution < 1.29 is 13.9 Å². The quantitative estimate of drug-likeness (QED) is 0.580. The van der Waals surface area contributed by atoms with E-state index in [1.807, 2.05) is 18.2 Å². The van der Waals surface area contributed by atoms with Crippen LogP contribution in [0.15, 0.2) is 36.4 Å². The molecule has 2 N–H and O–H groups in total. The molecule has 0 spiro atoms. The maximum absolute atomic E-state index is 13.8.